The summed E-state index contributed by atoms with van der Waals surface area (Å²) in [6.45, 7) is 0.427. The lowest BCUT2D eigenvalue weighted by molar-refractivity contribution is 0.578. The number of thioether (sulfide) groups is 2. The summed E-state index contributed by atoms with van der Waals surface area (Å²) in [5.74, 6) is 3.19. The number of nitrogens with zero attached hydrogens (tertiary/aromatic N) is 1. The van der Waals surface area contributed by atoms with E-state index < -0.39 is 10.0 Å². The van der Waals surface area contributed by atoms with Gasteiger partial charge < -0.3 is 5.73 Å². The van der Waals surface area contributed by atoms with Crippen LogP contribution in [0, 0.1) is 0 Å². The van der Waals surface area contributed by atoms with Crippen molar-refractivity contribution in [2.75, 3.05) is 29.5 Å². The van der Waals surface area contributed by atoms with Crippen LogP contribution in [0.1, 0.15) is 0 Å². The molecule has 1 aromatic heterocycles. The van der Waals surface area contributed by atoms with Gasteiger partial charge in [0.15, 0.2) is 5.03 Å². The Morgan fingerprint density at radius 1 is 1.50 bits per heavy atom. The summed E-state index contributed by atoms with van der Waals surface area (Å²) in [4.78, 5) is 3.83. The highest BCUT2D eigenvalue weighted by atomic mass is 32.2. The van der Waals surface area contributed by atoms with Crippen LogP contribution in [0.2, 0.25) is 0 Å². The normalized spacial score (nSPS) is 20.8. The molecule has 8 heteroatoms. The molecule has 1 aliphatic heterocycles. The first kappa shape index (κ1) is 14.0. The van der Waals surface area contributed by atoms with Crippen LogP contribution < -0.4 is 10.5 Å². The van der Waals surface area contributed by atoms with Gasteiger partial charge in [0, 0.05) is 35.3 Å². The molecule has 1 unspecified atom stereocenters. The Morgan fingerprint density at radius 2 is 2.33 bits per heavy atom. The summed E-state index contributed by atoms with van der Waals surface area (Å²) in [6, 6.07) is 3.15. The van der Waals surface area contributed by atoms with Gasteiger partial charge in [0.1, 0.15) is 0 Å². The molecule has 0 amide bonds. The van der Waals surface area contributed by atoms with Gasteiger partial charge in [-0.15, -0.1) is 0 Å². The van der Waals surface area contributed by atoms with E-state index in [4.69, 9.17) is 5.73 Å². The Labute approximate surface area is 115 Å². The van der Waals surface area contributed by atoms with Crippen molar-refractivity contribution in [1.82, 2.24) is 9.71 Å². The predicted octanol–water partition coefficient (Wildman–Crippen LogP) is 0.791. The molecule has 2 rings (SSSR count). The maximum atomic E-state index is 12.0. The van der Waals surface area contributed by atoms with E-state index in [2.05, 4.69) is 9.71 Å². The van der Waals surface area contributed by atoms with Gasteiger partial charge in [0.05, 0.1) is 5.69 Å². The minimum absolute atomic E-state index is 0.0848. The number of hydrogen-bond donors (Lipinski definition) is 2. The summed E-state index contributed by atoms with van der Waals surface area (Å²) >= 11 is 3.66. The number of nitrogen functional groups attached to an aromatic ring is 1. The first-order valence-corrected chi connectivity index (χ1v) is 9.18. The lowest BCUT2D eigenvalue weighted by Gasteiger charge is -2.21. The SMILES string of the molecule is Nc1cccnc1S(=O)(=O)NCC1CSCCS1. The van der Waals surface area contributed by atoms with Crippen molar-refractivity contribution in [3.05, 3.63) is 18.3 Å². The number of rotatable bonds is 4. The molecule has 18 heavy (non-hydrogen) atoms. The Bertz CT molecular complexity index is 501. The van der Waals surface area contributed by atoms with Crippen LogP contribution in [0.4, 0.5) is 5.69 Å². The van der Waals surface area contributed by atoms with Crippen molar-refractivity contribution in [2.45, 2.75) is 10.3 Å². The zero-order valence-electron chi connectivity index (χ0n) is 9.70. The Balaban J connectivity index is 2.01. The van der Waals surface area contributed by atoms with E-state index in [1.807, 2.05) is 11.8 Å². The second-order valence-corrected chi connectivity index (χ2v) is 8.06. The van der Waals surface area contributed by atoms with Crippen molar-refractivity contribution in [2.24, 2.45) is 0 Å². The molecule has 0 bridgehead atoms. The minimum atomic E-state index is -3.60. The Kier molecular flexibility index (Phi) is 4.77. The van der Waals surface area contributed by atoms with Crippen molar-refractivity contribution in [3.63, 3.8) is 0 Å². The average molecular weight is 305 g/mol. The summed E-state index contributed by atoms with van der Waals surface area (Å²) < 4.78 is 26.6. The first-order valence-electron chi connectivity index (χ1n) is 5.49. The molecule has 5 nitrogen and oxygen atoms in total. The van der Waals surface area contributed by atoms with E-state index in [1.165, 1.54) is 12.3 Å². The van der Waals surface area contributed by atoms with Crippen LogP contribution in [0.15, 0.2) is 23.4 Å². The molecule has 0 aliphatic carbocycles. The molecular formula is C10H15N3O2S3. The van der Waals surface area contributed by atoms with Gasteiger partial charge in [-0.05, 0) is 12.1 Å². The largest absolute Gasteiger partial charge is 0.396 e. The van der Waals surface area contributed by atoms with E-state index in [0.29, 0.717) is 11.8 Å². The highest BCUT2D eigenvalue weighted by molar-refractivity contribution is 8.06. The molecule has 0 saturated carbocycles. The summed E-state index contributed by atoms with van der Waals surface area (Å²) in [5.41, 5.74) is 5.80. The van der Waals surface area contributed by atoms with Gasteiger partial charge in [0.25, 0.3) is 10.0 Å². The maximum Gasteiger partial charge on any atom is 0.260 e. The third kappa shape index (κ3) is 3.53. The molecule has 3 N–H and O–H groups in total. The highest BCUT2D eigenvalue weighted by Gasteiger charge is 2.21. The first-order chi connectivity index (χ1) is 8.59. The van der Waals surface area contributed by atoms with Gasteiger partial charge >= 0.3 is 0 Å². The molecule has 1 fully saturated rings. The van der Waals surface area contributed by atoms with E-state index in [0.717, 1.165) is 17.3 Å². The molecule has 1 aromatic rings. The van der Waals surface area contributed by atoms with E-state index in [9.17, 15) is 8.42 Å². The molecule has 0 radical (unpaired) electrons. The molecule has 0 spiro atoms. The minimum Gasteiger partial charge on any atom is -0.396 e. The van der Waals surface area contributed by atoms with Crippen LogP contribution in [-0.4, -0.2) is 42.5 Å². The fraction of sp³-hybridized carbons (Fsp3) is 0.500. The third-order valence-corrected chi connectivity index (χ3v) is 6.68. The smallest absolute Gasteiger partial charge is 0.260 e. The summed E-state index contributed by atoms with van der Waals surface area (Å²) in [6.07, 6.45) is 1.43. The highest BCUT2D eigenvalue weighted by Crippen LogP contribution is 2.24. The van der Waals surface area contributed by atoms with Crippen molar-refractivity contribution < 1.29 is 8.42 Å². The number of nitrogens with two attached hydrogens (primary N) is 1. The van der Waals surface area contributed by atoms with Crippen molar-refractivity contribution in [1.29, 1.82) is 0 Å². The Hall–Kier alpha value is -0.440. The van der Waals surface area contributed by atoms with Crippen molar-refractivity contribution >= 4 is 39.2 Å². The molecular weight excluding hydrogens is 290 g/mol. The number of anilines is 1. The van der Waals surface area contributed by atoms with E-state index in [1.54, 1.807) is 17.8 Å². The average Bonchev–Trinajstić information content (AvgIpc) is 2.38. The third-order valence-electron chi connectivity index (χ3n) is 2.44. The summed E-state index contributed by atoms with van der Waals surface area (Å²) in [5, 5.41) is 0.238. The van der Waals surface area contributed by atoms with E-state index in [-0.39, 0.29) is 10.7 Å². The maximum absolute atomic E-state index is 12.0. The number of nitrogens with one attached hydrogen (secondary N) is 1. The predicted molar refractivity (Wildman–Crippen MR) is 77.4 cm³/mol. The number of aromatic nitrogens is 1. The molecule has 2 heterocycles. The monoisotopic (exact) mass is 305 g/mol. The molecule has 0 aromatic carbocycles. The number of pyridine rings is 1. The molecule has 1 atom stereocenters. The number of sulfonamides is 1. The standard InChI is InChI=1S/C10H15N3O2S3/c11-9-2-1-3-12-10(9)18(14,15)13-6-8-7-16-4-5-17-8/h1-3,8,13H,4-7,11H2. The van der Waals surface area contributed by atoms with Crippen LogP contribution >= 0.6 is 23.5 Å². The zero-order chi connectivity index (χ0) is 13.0. The second kappa shape index (κ2) is 6.14. The fourth-order valence-electron chi connectivity index (χ4n) is 1.55. The second-order valence-electron chi connectivity index (χ2n) is 3.82. The lowest BCUT2D eigenvalue weighted by Crippen LogP contribution is -2.34. The topological polar surface area (TPSA) is 85.1 Å². The van der Waals surface area contributed by atoms with Crippen LogP contribution in [0.3, 0.4) is 0 Å². The van der Waals surface area contributed by atoms with Gasteiger partial charge in [-0.2, -0.15) is 23.5 Å². The zero-order valence-corrected chi connectivity index (χ0v) is 12.2. The molecule has 1 aliphatic rings. The number of hydrogen-bond acceptors (Lipinski definition) is 6. The van der Waals surface area contributed by atoms with Gasteiger partial charge in [-0.25, -0.2) is 18.1 Å². The van der Waals surface area contributed by atoms with Crippen molar-refractivity contribution in [3.8, 4) is 0 Å². The quantitative estimate of drug-likeness (QED) is 0.855. The van der Waals surface area contributed by atoms with Gasteiger partial charge in [-0.3, -0.25) is 0 Å². The van der Waals surface area contributed by atoms with Crippen LogP contribution in [0.25, 0.3) is 0 Å². The summed E-state index contributed by atoms with van der Waals surface area (Å²) in [7, 11) is -3.60. The van der Waals surface area contributed by atoms with Gasteiger partial charge in [0.2, 0.25) is 0 Å². The molecule has 100 valence electrons. The molecule has 1 saturated heterocycles. The van der Waals surface area contributed by atoms with Gasteiger partial charge in [-0.1, -0.05) is 0 Å². The van der Waals surface area contributed by atoms with Crippen LogP contribution in [-0.2, 0) is 10.0 Å². The Morgan fingerprint density at radius 3 is 3.00 bits per heavy atom. The van der Waals surface area contributed by atoms with E-state index >= 15 is 0 Å². The van der Waals surface area contributed by atoms with Crippen LogP contribution in [0.5, 0.6) is 0 Å². The lowest BCUT2D eigenvalue weighted by atomic mass is 10.4. The fourth-order valence-corrected chi connectivity index (χ4v) is 5.41.